The van der Waals surface area contributed by atoms with E-state index >= 15 is 0 Å². The summed E-state index contributed by atoms with van der Waals surface area (Å²) in [5.74, 6) is -0.956. The highest BCUT2D eigenvalue weighted by Crippen LogP contribution is 2.19. The summed E-state index contributed by atoms with van der Waals surface area (Å²) in [5, 5.41) is 0. The van der Waals surface area contributed by atoms with Crippen molar-refractivity contribution in [3.8, 4) is 0 Å². The number of esters is 3. The van der Waals surface area contributed by atoms with Gasteiger partial charge in [-0.05, 0) is 57.8 Å². The lowest BCUT2D eigenvalue weighted by molar-refractivity contribution is -0.166. The summed E-state index contributed by atoms with van der Waals surface area (Å²) in [7, 11) is 0. The van der Waals surface area contributed by atoms with Gasteiger partial charge in [0.25, 0.3) is 0 Å². The molecular formula is C76H136O6. The van der Waals surface area contributed by atoms with Crippen LogP contribution >= 0.6 is 0 Å². The fourth-order valence-electron chi connectivity index (χ4n) is 10.7. The number of rotatable bonds is 66. The van der Waals surface area contributed by atoms with Gasteiger partial charge < -0.3 is 14.2 Å². The summed E-state index contributed by atoms with van der Waals surface area (Å²) in [4.78, 5) is 38.5. The zero-order chi connectivity index (χ0) is 59.2. The van der Waals surface area contributed by atoms with E-state index < -0.39 is 6.10 Å². The van der Waals surface area contributed by atoms with Gasteiger partial charge in [-0.25, -0.2) is 0 Å². The fourth-order valence-corrected chi connectivity index (χ4v) is 10.7. The van der Waals surface area contributed by atoms with Crippen molar-refractivity contribution in [2.45, 2.75) is 380 Å². The van der Waals surface area contributed by atoms with Gasteiger partial charge in [0, 0.05) is 19.3 Å². The van der Waals surface area contributed by atoms with Crippen molar-refractivity contribution in [2.24, 2.45) is 0 Å². The third-order valence-corrected chi connectivity index (χ3v) is 16.0. The van der Waals surface area contributed by atoms with Crippen LogP contribution in [0.1, 0.15) is 374 Å². The van der Waals surface area contributed by atoms with E-state index in [1.807, 2.05) is 6.08 Å². The average Bonchev–Trinajstić information content (AvgIpc) is 3.47. The lowest BCUT2D eigenvalue weighted by Gasteiger charge is -2.18. The smallest absolute Gasteiger partial charge is 0.306 e. The first-order valence-corrected chi connectivity index (χ1v) is 35.9. The topological polar surface area (TPSA) is 78.9 Å². The van der Waals surface area contributed by atoms with E-state index in [2.05, 4.69) is 87.6 Å². The van der Waals surface area contributed by atoms with Crippen LogP contribution in [0.2, 0.25) is 0 Å². The molecule has 0 saturated carbocycles. The van der Waals surface area contributed by atoms with Crippen molar-refractivity contribution in [1.29, 1.82) is 0 Å². The lowest BCUT2D eigenvalue weighted by Crippen LogP contribution is -2.30. The van der Waals surface area contributed by atoms with Crippen LogP contribution in [0.15, 0.2) is 72.9 Å². The summed E-state index contributed by atoms with van der Waals surface area (Å²) in [6, 6.07) is 0. The first-order valence-electron chi connectivity index (χ1n) is 35.9. The summed E-state index contributed by atoms with van der Waals surface area (Å²) in [6.45, 7) is 6.54. The van der Waals surface area contributed by atoms with Gasteiger partial charge in [0.05, 0.1) is 0 Å². The van der Waals surface area contributed by atoms with Crippen molar-refractivity contribution in [3.63, 3.8) is 0 Å². The quantitative estimate of drug-likeness (QED) is 0.0261. The van der Waals surface area contributed by atoms with Gasteiger partial charge in [-0.1, -0.05) is 370 Å². The summed E-state index contributed by atoms with van der Waals surface area (Å²) >= 11 is 0. The van der Waals surface area contributed by atoms with Gasteiger partial charge in [-0.2, -0.15) is 0 Å². The van der Waals surface area contributed by atoms with Crippen molar-refractivity contribution < 1.29 is 28.6 Å². The van der Waals surface area contributed by atoms with E-state index in [9.17, 15) is 14.4 Å². The number of hydrogen-bond donors (Lipinski definition) is 0. The molecule has 476 valence electrons. The molecule has 0 bridgehead atoms. The third kappa shape index (κ3) is 67.6. The number of unbranched alkanes of at least 4 members (excludes halogenated alkanes) is 43. The summed E-state index contributed by atoms with van der Waals surface area (Å²) in [5.41, 5.74) is 0. The molecule has 0 aliphatic carbocycles. The van der Waals surface area contributed by atoms with E-state index in [1.165, 1.54) is 250 Å². The van der Waals surface area contributed by atoms with Crippen LogP contribution in [-0.2, 0) is 28.6 Å². The first-order chi connectivity index (χ1) is 40.5. The molecular weight excluding hydrogens is 1010 g/mol. The SMILES string of the molecule is CC/C=C\C/C=C\C/C=C\C/C=C\C/C=C\C/C=C\CCC(=O)OCC(COC(=O)CCCCCCCCCCCCCCCCCCCCCCCCCC)OC(=O)CCCCCCCCCCCCCCCCCCCCCCC. The van der Waals surface area contributed by atoms with Crippen LogP contribution in [0, 0.1) is 0 Å². The molecule has 0 heterocycles. The molecule has 0 rings (SSSR count). The fraction of sp³-hybridized carbons (Fsp3) is 0.803. The van der Waals surface area contributed by atoms with Crippen LogP contribution in [0.25, 0.3) is 0 Å². The molecule has 6 nitrogen and oxygen atoms in total. The van der Waals surface area contributed by atoms with E-state index in [0.29, 0.717) is 19.3 Å². The van der Waals surface area contributed by atoms with Gasteiger partial charge in [-0.3, -0.25) is 14.4 Å². The number of ether oxygens (including phenoxy) is 3. The van der Waals surface area contributed by atoms with E-state index in [4.69, 9.17) is 14.2 Å². The highest BCUT2D eigenvalue weighted by atomic mass is 16.6. The molecule has 1 unspecified atom stereocenters. The van der Waals surface area contributed by atoms with Gasteiger partial charge >= 0.3 is 17.9 Å². The normalized spacial score (nSPS) is 12.5. The number of hydrogen-bond acceptors (Lipinski definition) is 6. The summed E-state index contributed by atoms with van der Waals surface area (Å²) in [6.07, 6.45) is 92.4. The highest BCUT2D eigenvalue weighted by molar-refractivity contribution is 5.71. The molecule has 0 aliphatic rings. The highest BCUT2D eigenvalue weighted by Gasteiger charge is 2.19. The Kier molecular flexibility index (Phi) is 67.6. The summed E-state index contributed by atoms with van der Waals surface area (Å²) < 4.78 is 16.9. The van der Waals surface area contributed by atoms with Crippen LogP contribution in [0.3, 0.4) is 0 Å². The molecule has 0 saturated heterocycles. The zero-order valence-corrected chi connectivity index (χ0v) is 54.8. The molecule has 6 heteroatoms. The monoisotopic (exact) mass is 1150 g/mol. The molecule has 0 aromatic carbocycles. The Morgan fingerprint density at radius 2 is 0.476 bits per heavy atom. The maximum Gasteiger partial charge on any atom is 0.306 e. The first kappa shape index (κ1) is 78.8. The Labute approximate surface area is 510 Å². The predicted octanol–water partition coefficient (Wildman–Crippen LogP) is 24.8. The van der Waals surface area contributed by atoms with Crippen LogP contribution in [0.5, 0.6) is 0 Å². The largest absolute Gasteiger partial charge is 0.462 e. The van der Waals surface area contributed by atoms with Gasteiger partial charge in [-0.15, -0.1) is 0 Å². The molecule has 1 atom stereocenters. The molecule has 0 aliphatic heterocycles. The Bertz CT molecular complexity index is 1500. The molecule has 0 aromatic heterocycles. The van der Waals surface area contributed by atoms with E-state index in [1.54, 1.807) is 0 Å². The molecule has 0 fully saturated rings. The maximum absolute atomic E-state index is 13.0. The van der Waals surface area contributed by atoms with Gasteiger partial charge in [0.15, 0.2) is 6.10 Å². The second-order valence-corrected chi connectivity index (χ2v) is 24.1. The molecule has 0 N–H and O–H groups in total. The van der Waals surface area contributed by atoms with Gasteiger partial charge in [0.1, 0.15) is 13.2 Å². The Balaban J connectivity index is 4.38. The average molecular weight is 1150 g/mol. The van der Waals surface area contributed by atoms with Crippen LogP contribution in [-0.4, -0.2) is 37.2 Å². The Morgan fingerprint density at radius 3 is 0.744 bits per heavy atom. The maximum atomic E-state index is 13.0. The van der Waals surface area contributed by atoms with Crippen molar-refractivity contribution >= 4 is 17.9 Å². The molecule has 0 radical (unpaired) electrons. The third-order valence-electron chi connectivity index (χ3n) is 16.0. The second-order valence-electron chi connectivity index (χ2n) is 24.1. The molecule has 82 heavy (non-hydrogen) atoms. The number of carbonyl (C=O) groups excluding carboxylic acids is 3. The molecule has 0 spiro atoms. The predicted molar refractivity (Wildman–Crippen MR) is 358 cm³/mol. The molecule has 0 aromatic rings. The van der Waals surface area contributed by atoms with Gasteiger partial charge in [0.2, 0.25) is 0 Å². The number of carbonyl (C=O) groups is 3. The Hall–Kier alpha value is -3.15. The van der Waals surface area contributed by atoms with Crippen molar-refractivity contribution in [2.75, 3.05) is 13.2 Å². The van der Waals surface area contributed by atoms with E-state index in [-0.39, 0.29) is 37.5 Å². The number of allylic oxidation sites excluding steroid dienone is 12. The molecule has 0 amide bonds. The minimum absolute atomic E-state index is 0.0935. The minimum Gasteiger partial charge on any atom is -0.462 e. The van der Waals surface area contributed by atoms with E-state index in [0.717, 1.165) is 77.0 Å². The standard InChI is InChI=1S/C76H136O6/c1-4-7-10-13-16-19-22-25-28-31-34-36-37-38-40-42-45-48-51-54-57-60-63-66-69-75(78)81-72-73(71-80-74(77)68-65-62-59-56-53-50-47-44-41-33-30-27-24-21-18-15-12-9-6-3)82-76(79)70-67-64-61-58-55-52-49-46-43-39-35-32-29-26-23-20-17-14-11-8-5-2/h9,12,18,21,27,30,41,44,50,53,59,62,73H,4-8,10-11,13-17,19-20,22-26,28-29,31-40,42-43,45-49,51-52,54-58,60-61,63-72H2,1-3H3/b12-9-,21-18-,30-27-,44-41-,53-50-,62-59-. The zero-order valence-electron chi connectivity index (χ0n) is 54.8. The van der Waals surface area contributed by atoms with Crippen molar-refractivity contribution in [3.05, 3.63) is 72.9 Å². The van der Waals surface area contributed by atoms with Crippen molar-refractivity contribution in [1.82, 2.24) is 0 Å². The second kappa shape index (κ2) is 70.3. The lowest BCUT2D eigenvalue weighted by atomic mass is 10.0. The van der Waals surface area contributed by atoms with Crippen LogP contribution in [0.4, 0.5) is 0 Å². The van der Waals surface area contributed by atoms with Crippen LogP contribution < -0.4 is 0 Å². The Morgan fingerprint density at radius 1 is 0.256 bits per heavy atom. The minimum atomic E-state index is -0.805.